The van der Waals surface area contributed by atoms with E-state index in [9.17, 15) is 4.79 Å². The zero-order valence-corrected chi connectivity index (χ0v) is 17.6. The molecule has 1 saturated heterocycles. The van der Waals surface area contributed by atoms with Gasteiger partial charge in [-0.3, -0.25) is 9.69 Å². The molecular formula is C22H23ClN2O2S. The Morgan fingerprint density at radius 2 is 2.07 bits per heavy atom. The second-order valence-electron chi connectivity index (χ2n) is 7.40. The largest absolute Gasteiger partial charge is 0.376 e. The fourth-order valence-corrected chi connectivity index (χ4v) is 4.66. The maximum Gasteiger partial charge on any atom is 0.260 e. The molecule has 2 heterocycles. The minimum Gasteiger partial charge on any atom is -0.376 e. The van der Waals surface area contributed by atoms with Crippen molar-refractivity contribution in [2.75, 3.05) is 18.1 Å². The van der Waals surface area contributed by atoms with Crippen molar-refractivity contribution in [3.05, 3.63) is 58.6 Å². The van der Waals surface area contributed by atoms with Gasteiger partial charge in [0, 0.05) is 17.2 Å². The van der Waals surface area contributed by atoms with E-state index in [0.717, 1.165) is 34.8 Å². The van der Waals surface area contributed by atoms with Gasteiger partial charge in [-0.1, -0.05) is 48.9 Å². The van der Waals surface area contributed by atoms with Gasteiger partial charge in [0.1, 0.15) is 0 Å². The van der Waals surface area contributed by atoms with Crippen molar-refractivity contribution in [1.29, 1.82) is 0 Å². The average molecular weight is 415 g/mol. The summed E-state index contributed by atoms with van der Waals surface area (Å²) in [6, 6.07) is 13.3. The second kappa shape index (κ2) is 8.19. The van der Waals surface area contributed by atoms with Crippen molar-refractivity contribution in [3.8, 4) is 0 Å². The van der Waals surface area contributed by atoms with E-state index in [-0.39, 0.29) is 12.0 Å². The predicted molar refractivity (Wildman–Crippen MR) is 116 cm³/mol. The number of aromatic nitrogens is 1. The summed E-state index contributed by atoms with van der Waals surface area (Å²) in [5, 5.41) is 1.34. The van der Waals surface area contributed by atoms with Crippen molar-refractivity contribution in [1.82, 2.24) is 4.98 Å². The molecule has 1 aliphatic heterocycles. The fraction of sp³-hybridized carbons (Fsp3) is 0.364. The average Bonchev–Trinajstić information content (AvgIpc) is 3.35. The summed E-state index contributed by atoms with van der Waals surface area (Å²) in [4.78, 5) is 20.0. The Morgan fingerprint density at radius 3 is 2.75 bits per heavy atom. The van der Waals surface area contributed by atoms with Gasteiger partial charge in [-0.2, -0.15) is 0 Å². The molecule has 2 aromatic carbocycles. The highest BCUT2D eigenvalue weighted by atomic mass is 35.5. The molecule has 0 aliphatic carbocycles. The summed E-state index contributed by atoms with van der Waals surface area (Å²) in [6.45, 7) is 5.59. The molecule has 4 rings (SSSR count). The van der Waals surface area contributed by atoms with Crippen LogP contribution in [0.25, 0.3) is 10.2 Å². The minimum absolute atomic E-state index is 0.0489. The van der Waals surface area contributed by atoms with Crippen LogP contribution in [0.4, 0.5) is 5.13 Å². The normalized spacial score (nSPS) is 16.8. The molecule has 1 aromatic heterocycles. The lowest BCUT2D eigenvalue weighted by Gasteiger charge is -2.23. The van der Waals surface area contributed by atoms with E-state index in [4.69, 9.17) is 21.3 Å². The molecule has 0 saturated carbocycles. The van der Waals surface area contributed by atoms with Crippen molar-refractivity contribution in [2.45, 2.75) is 38.7 Å². The number of para-hydroxylation sites is 1. The van der Waals surface area contributed by atoms with Gasteiger partial charge in [-0.25, -0.2) is 4.98 Å². The molecule has 1 amide bonds. The molecule has 4 nitrogen and oxygen atoms in total. The van der Waals surface area contributed by atoms with E-state index in [0.29, 0.717) is 23.0 Å². The molecule has 0 spiro atoms. The van der Waals surface area contributed by atoms with Crippen LogP contribution in [0, 0.1) is 0 Å². The van der Waals surface area contributed by atoms with Gasteiger partial charge in [0.05, 0.1) is 22.9 Å². The fourth-order valence-electron chi connectivity index (χ4n) is 3.53. The van der Waals surface area contributed by atoms with Crippen LogP contribution >= 0.6 is 22.9 Å². The Labute approximate surface area is 174 Å². The predicted octanol–water partition coefficient (Wildman–Crippen LogP) is 5.90. The highest BCUT2D eigenvalue weighted by Gasteiger charge is 2.27. The van der Waals surface area contributed by atoms with Gasteiger partial charge in [0.2, 0.25) is 0 Å². The molecular weight excluding hydrogens is 392 g/mol. The van der Waals surface area contributed by atoms with Crippen LogP contribution < -0.4 is 4.90 Å². The van der Waals surface area contributed by atoms with Crippen LogP contribution in [0.15, 0.2) is 42.5 Å². The lowest BCUT2D eigenvalue weighted by Crippen LogP contribution is -2.37. The Bertz CT molecular complexity index is 978. The molecule has 1 aliphatic rings. The maximum atomic E-state index is 13.3. The van der Waals surface area contributed by atoms with Crippen molar-refractivity contribution in [3.63, 3.8) is 0 Å². The van der Waals surface area contributed by atoms with Gasteiger partial charge in [0.25, 0.3) is 5.91 Å². The number of fused-ring (bicyclic) bond motifs is 1. The summed E-state index contributed by atoms with van der Waals surface area (Å²) < 4.78 is 6.91. The van der Waals surface area contributed by atoms with E-state index >= 15 is 0 Å². The smallest absolute Gasteiger partial charge is 0.260 e. The highest BCUT2D eigenvalue weighted by Crippen LogP contribution is 2.34. The lowest BCUT2D eigenvalue weighted by atomic mass is 10.0. The molecule has 1 unspecified atom stereocenters. The van der Waals surface area contributed by atoms with E-state index < -0.39 is 0 Å². The SMILES string of the molecule is CC(C)c1cccc2sc(N(CC3CCCO3)C(=O)c3ccc(Cl)cc3)nc12. The van der Waals surface area contributed by atoms with E-state index in [1.807, 2.05) is 0 Å². The number of benzene rings is 2. The molecule has 146 valence electrons. The molecule has 1 atom stereocenters. The van der Waals surface area contributed by atoms with E-state index in [1.54, 1.807) is 40.5 Å². The zero-order valence-electron chi connectivity index (χ0n) is 16.0. The first kappa shape index (κ1) is 19.4. The number of ether oxygens (including phenoxy) is 1. The Morgan fingerprint density at radius 1 is 1.29 bits per heavy atom. The third-order valence-electron chi connectivity index (χ3n) is 5.04. The minimum atomic E-state index is -0.0719. The second-order valence-corrected chi connectivity index (χ2v) is 8.85. The number of halogens is 1. The molecule has 0 radical (unpaired) electrons. The maximum absolute atomic E-state index is 13.3. The topological polar surface area (TPSA) is 42.4 Å². The molecule has 28 heavy (non-hydrogen) atoms. The van der Waals surface area contributed by atoms with Crippen LogP contribution in [0.3, 0.4) is 0 Å². The van der Waals surface area contributed by atoms with Gasteiger partial charge < -0.3 is 4.74 Å². The van der Waals surface area contributed by atoms with Crippen LogP contribution in [0.2, 0.25) is 5.02 Å². The molecule has 6 heteroatoms. The number of hydrogen-bond donors (Lipinski definition) is 0. The van der Waals surface area contributed by atoms with Crippen LogP contribution in [-0.2, 0) is 4.74 Å². The van der Waals surface area contributed by atoms with Crippen LogP contribution in [0.1, 0.15) is 48.5 Å². The van der Waals surface area contributed by atoms with Crippen molar-refractivity contribution < 1.29 is 9.53 Å². The third-order valence-corrected chi connectivity index (χ3v) is 6.33. The number of thiazole rings is 1. The number of anilines is 1. The Kier molecular flexibility index (Phi) is 5.67. The van der Waals surface area contributed by atoms with Gasteiger partial charge >= 0.3 is 0 Å². The first-order chi connectivity index (χ1) is 13.5. The van der Waals surface area contributed by atoms with E-state index in [2.05, 4.69) is 32.0 Å². The number of nitrogens with zero attached hydrogens (tertiary/aromatic N) is 2. The van der Waals surface area contributed by atoms with Gasteiger partial charge in [-0.15, -0.1) is 0 Å². The first-order valence-corrected chi connectivity index (χ1v) is 10.8. The summed E-state index contributed by atoms with van der Waals surface area (Å²) in [6.07, 6.45) is 2.05. The number of rotatable bonds is 5. The quantitative estimate of drug-likeness (QED) is 0.522. The summed E-state index contributed by atoms with van der Waals surface area (Å²) >= 11 is 7.55. The summed E-state index contributed by atoms with van der Waals surface area (Å²) in [5.74, 6) is 0.301. The lowest BCUT2D eigenvalue weighted by molar-refractivity contribution is 0.0917. The Hall–Kier alpha value is -1.95. The molecule has 0 N–H and O–H groups in total. The third kappa shape index (κ3) is 3.93. The van der Waals surface area contributed by atoms with Gasteiger partial charge in [0.15, 0.2) is 5.13 Å². The van der Waals surface area contributed by atoms with Crippen LogP contribution in [-0.4, -0.2) is 30.1 Å². The Balaban J connectivity index is 1.74. The molecule has 0 bridgehead atoms. The zero-order chi connectivity index (χ0) is 19.7. The molecule has 3 aromatic rings. The standard InChI is InChI=1S/C22H23ClN2O2S/c1-14(2)18-6-3-7-19-20(18)24-22(28-19)25(13-17-5-4-12-27-17)21(26)15-8-10-16(23)11-9-15/h3,6-11,14,17H,4-5,12-13H2,1-2H3. The number of carbonyl (C=O) groups is 1. The highest BCUT2D eigenvalue weighted by molar-refractivity contribution is 7.22. The van der Waals surface area contributed by atoms with Gasteiger partial charge in [-0.05, 0) is 54.7 Å². The molecule has 1 fully saturated rings. The number of carbonyl (C=O) groups excluding carboxylic acids is 1. The van der Waals surface area contributed by atoms with Crippen LogP contribution in [0.5, 0.6) is 0 Å². The van der Waals surface area contributed by atoms with Crippen molar-refractivity contribution >= 4 is 44.2 Å². The van der Waals surface area contributed by atoms with E-state index in [1.165, 1.54) is 5.56 Å². The number of amides is 1. The monoisotopic (exact) mass is 414 g/mol. The first-order valence-electron chi connectivity index (χ1n) is 9.61. The van der Waals surface area contributed by atoms with Crippen molar-refractivity contribution in [2.24, 2.45) is 0 Å². The summed E-state index contributed by atoms with van der Waals surface area (Å²) in [5.41, 5.74) is 2.79. The number of hydrogen-bond acceptors (Lipinski definition) is 4. The summed E-state index contributed by atoms with van der Waals surface area (Å²) in [7, 11) is 0.